The third kappa shape index (κ3) is 4.96. The van der Waals surface area contributed by atoms with Crippen LogP contribution in [0.4, 0.5) is 0 Å². The summed E-state index contributed by atoms with van der Waals surface area (Å²) in [4.78, 5) is 34.0. The summed E-state index contributed by atoms with van der Waals surface area (Å²) in [5.74, 6) is -0.0425. The Bertz CT molecular complexity index is 1060. The van der Waals surface area contributed by atoms with E-state index in [0.29, 0.717) is 49.0 Å². The average molecular weight is 503 g/mol. The van der Waals surface area contributed by atoms with Crippen LogP contribution in [0.25, 0.3) is 0 Å². The third-order valence-electron chi connectivity index (χ3n) is 7.03. The van der Waals surface area contributed by atoms with E-state index < -0.39 is 11.5 Å². The van der Waals surface area contributed by atoms with Gasteiger partial charge in [-0.15, -0.1) is 0 Å². The number of carbonyl (C=O) groups excluding carboxylic acids is 2. The molecule has 2 aromatic rings. The first-order chi connectivity index (χ1) is 16.9. The highest BCUT2D eigenvalue weighted by molar-refractivity contribution is 6.33. The SMILES string of the molecule is COC(=O)C1CC(=O)N(OCc2ccccc2)C12CCN(Cc1ccc(OC)c(OC)c1Cl)CC2. The molecule has 0 bridgehead atoms. The van der Waals surface area contributed by atoms with E-state index in [9.17, 15) is 9.59 Å². The van der Waals surface area contributed by atoms with Crippen molar-refractivity contribution in [3.05, 3.63) is 58.6 Å². The first-order valence-corrected chi connectivity index (χ1v) is 12.0. The Kier molecular flexibility index (Phi) is 7.84. The molecule has 1 unspecified atom stereocenters. The number of benzene rings is 2. The van der Waals surface area contributed by atoms with Crippen LogP contribution in [0.3, 0.4) is 0 Å². The molecule has 1 atom stereocenters. The number of likely N-dealkylation sites (tertiary alicyclic amines) is 1. The first-order valence-electron chi connectivity index (χ1n) is 11.6. The van der Waals surface area contributed by atoms with Crippen LogP contribution >= 0.6 is 11.6 Å². The molecule has 0 aliphatic carbocycles. The predicted octanol–water partition coefficient (Wildman–Crippen LogP) is 3.85. The van der Waals surface area contributed by atoms with Gasteiger partial charge < -0.3 is 14.2 Å². The Morgan fingerprint density at radius 1 is 1.06 bits per heavy atom. The van der Waals surface area contributed by atoms with Gasteiger partial charge >= 0.3 is 5.97 Å². The number of hydrogen-bond acceptors (Lipinski definition) is 7. The molecule has 0 radical (unpaired) electrons. The Labute approximate surface area is 210 Å². The molecular formula is C26H31ClN2O6. The first kappa shape index (κ1) is 25.3. The van der Waals surface area contributed by atoms with Crippen molar-refractivity contribution in [3.8, 4) is 11.5 Å². The number of ether oxygens (including phenoxy) is 3. The molecule has 2 heterocycles. The molecule has 188 valence electrons. The van der Waals surface area contributed by atoms with Gasteiger partial charge in [0, 0.05) is 26.1 Å². The minimum atomic E-state index is -0.739. The monoisotopic (exact) mass is 502 g/mol. The maximum Gasteiger partial charge on any atom is 0.311 e. The molecular weight excluding hydrogens is 472 g/mol. The van der Waals surface area contributed by atoms with Gasteiger partial charge in [0.05, 0.1) is 37.8 Å². The lowest BCUT2D eigenvalue weighted by atomic mass is 9.77. The normalized spacial score (nSPS) is 19.7. The summed E-state index contributed by atoms with van der Waals surface area (Å²) >= 11 is 6.59. The number of piperidine rings is 1. The molecule has 1 amide bonds. The van der Waals surface area contributed by atoms with E-state index >= 15 is 0 Å². The topological polar surface area (TPSA) is 77.5 Å². The van der Waals surface area contributed by atoms with Crippen molar-refractivity contribution in [1.29, 1.82) is 0 Å². The lowest BCUT2D eigenvalue weighted by molar-refractivity contribution is -0.229. The molecule has 2 fully saturated rings. The minimum absolute atomic E-state index is 0.0863. The van der Waals surface area contributed by atoms with Crippen LogP contribution in [0.1, 0.15) is 30.4 Å². The van der Waals surface area contributed by atoms with Crippen molar-refractivity contribution in [2.45, 2.75) is 38.0 Å². The van der Waals surface area contributed by atoms with Crippen molar-refractivity contribution in [2.24, 2.45) is 5.92 Å². The largest absolute Gasteiger partial charge is 0.493 e. The molecule has 9 heteroatoms. The highest BCUT2D eigenvalue weighted by atomic mass is 35.5. The van der Waals surface area contributed by atoms with Crippen molar-refractivity contribution in [1.82, 2.24) is 9.96 Å². The molecule has 8 nitrogen and oxygen atoms in total. The maximum atomic E-state index is 13.0. The van der Waals surface area contributed by atoms with E-state index in [0.717, 1.165) is 11.1 Å². The number of esters is 1. The number of halogens is 1. The van der Waals surface area contributed by atoms with Gasteiger partial charge in [0.25, 0.3) is 0 Å². The molecule has 4 rings (SSSR count). The molecule has 2 aliphatic rings. The summed E-state index contributed by atoms with van der Waals surface area (Å²) in [7, 11) is 4.50. The van der Waals surface area contributed by atoms with Crippen LogP contribution in [0.2, 0.25) is 5.02 Å². The average Bonchev–Trinajstić information content (AvgIpc) is 3.15. The maximum absolute atomic E-state index is 13.0. The van der Waals surface area contributed by atoms with E-state index in [1.54, 1.807) is 14.2 Å². The zero-order valence-corrected chi connectivity index (χ0v) is 21.0. The van der Waals surface area contributed by atoms with Crippen LogP contribution in [-0.2, 0) is 32.3 Å². The Hall–Kier alpha value is -2.81. The van der Waals surface area contributed by atoms with E-state index in [-0.39, 0.29) is 24.9 Å². The fourth-order valence-electron chi connectivity index (χ4n) is 5.14. The summed E-state index contributed by atoms with van der Waals surface area (Å²) in [6, 6.07) is 13.4. The van der Waals surface area contributed by atoms with Gasteiger partial charge in [-0.05, 0) is 30.0 Å². The van der Waals surface area contributed by atoms with Gasteiger partial charge in [-0.1, -0.05) is 48.0 Å². The zero-order valence-electron chi connectivity index (χ0n) is 20.3. The summed E-state index contributed by atoms with van der Waals surface area (Å²) in [5, 5.41) is 1.98. The summed E-state index contributed by atoms with van der Waals surface area (Å²) < 4.78 is 15.8. The number of methoxy groups -OCH3 is 3. The van der Waals surface area contributed by atoms with Crippen molar-refractivity contribution < 1.29 is 28.6 Å². The van der Waals surface area contributed by atoms with Gasteiger partial charge in [0.2, 0.25) is 5.91 Å². The fourth-order valence-corrected chi connectivity index (χ4v) is 5.43. The summed E-state index contributed by atoms with van der Waals surface area (Å²) in [6.45, 7) is 2.19. The Morgan fingerprint density at radius 3 is 2.40 bits per heavy atom. The second kappa shape index (κ2) is 10.8. The quantitative estimate of drug-likeness (QED) is 0.507. The van der Waals surface area contributed by atoms with Crippen LogP contribution in [0, 0.1) is 5.92 Å². The van der Waals surface area contributed by atoms with Crippen LogP contribution in [-0.4, -0.2) is 61.8 Å². The Balaban J connectivity index is 1.51. The second-order valence-corrected chi connectivity index (χ2v) is 9.26. The predicted molar refractivity (Wildman–Crippen MR) is 130 cm³/mol. The van der Waals surface area contributed by atoms with Crippen molar-refractivity contribution in [3.63, 3.8) is 0 Å². The summed E-state index contributed by atoms with van der Waals surface area (Å²) in [5.41, 5.74) is 1.14. The van der Waals surface area contributed by atoms with E-state index in [2.05, 4.69) is 4.90 Å². The van der Waals surface area contributed by atoms with Gasteiger partial charge in [-0.25, -0.2) is 5.06 Å². The number of carbonyl (C=O) groups is 2. The molecule has 0 N–H and O–H groups in total. The van der Waals surface area contributed by atoms with Gasteiger partial charge in [0.15, 0.2) is 11.5 Å². The van der Waals surface area contributed by atoms with E-state index in [1.165, 1.54) is 12.2 Å². The summed E-state index contributed by atoms with van der Waals surface area (Å²) in [6.07, 6.45) is 1.25. The number of amides is 1. The van der Waals surface area contributed by atoms with Gasteiger partial charge in [-0.2, -0.15) is 0 Å². The van der Waals surface area contributed by atoms with Gasteiger partial charge in [0.1, 0.15) is 6.61 Å². The van der Waals surface area contributed by atoms with Crippen LogP contribution < -0.4 is 9.47 Å². The molecule has 0 saturated carbocycles. The highest BCUT2D eigenvalue weighted by Crippen LogP contribution is 2.45. The van der Waals surface area contributed by atoms with Gasteiger partial charge in [-0.3, -0.25) is 19.3 Å². The molecule has 2 saturated heterocycles. The molecule has 1 spiro atoms. The van der Waals surface area contributed by atoms with E-state index in [4.69, 9.17) is 30.6 Å². The zero-order chi connectivity index (χ0) is 25.0. The molecule has 35 heavy (non-hydrogen) atoms. The number of hydrogen-bond donors (Lipinski definition) is 0. The molecule has 2 aliphatic heterocycles. The minimum Gasteiger partial charge on any atom is -0.493 e. The number of nitrogens with zero attached hydrogens (tertiary/aromatic N) is 2. The molecule has 0 aromatic heterocycles. The molecule has 2 aromatic carbocycles. The van der Waals surface area contributed by atoms with E-state index in [1.807, 2.05) is 42.5 Å². The third-order valence-corrected chi connectivity index (χ3v) is 7.44. The Morgan fingerprint density at radius 2 is 1.77 bits per heavy atom. The lowest BCUT2D eigenvalue weighted by Crippen LogP contribution is -2.57. The number of rotatable bonds is 8. The lowest BCUT2D eigenvalue weighted by Gasteiger charge is -2.45. The second-order valence-electron chi connectivity index (χ2n) is 8.88. The van der Waals surface area contributed by atoms with Crippen molar-refractivity contribution in [2.75, 3.05) is 34.4 Å². The van der Waals surface area contributed by atoms with Crippen LogP contribution in [0.15, 0.2) is 42.5 Å². The number of hydroxylamine groups is 2. The highest BCUT2D eigenvalue weighted by Gasteiger charge is 2.58. The standard InChI is InChI=1S/C26H31ClN2O6/c1-32-21-10-9-19(23(27)24(21)33-2)16-28-13-11-26(12-14-28)20(25(31)34-3)15-22(30)29(26)35-17-18-7-5-4-6-8-18/h4-10,20H,11-17H2,1-3H3. The fraction of sp³-hybridized carbons (Fsp3) is 0.462. The van der Waals surface area contributed by atoms with Crippen LogP contribution in [0.5, 0.6) is 11.5 Å². The van der Waals surface area contributed by atoms with Crippen molar-refractivity contribution >= 4 is 23.5 Å². The smallest absolute Gasteiger partial charge is 0.311 e.